The molecule has 2 aliphatic rings. The minimum atomic E-state index is 0.470. The maximum atomic E-state index is 8.79. The summed E-state index contributed by atoms with van der Waals surface area (Å²) in [5.74, 6) is 0. The van der Waals surface area contributed by atoms with Gasteiger partial charge in [0.25, 0.3) is 0 Å². The van der Waals surface area contributed by atoms with Crippen LogP contribution in [0.1, 0.15) is 32.1 Å². The maximum Gasteiger partial charge on any atom is 0.0742 e. The highest BCUT2D eigenvalue weighted by atomic mass is 16.4. The Labute approximate surface area is 73.1 Å². The zero-order valence-electron chi connectivity index (χ0n) is 7.37. The normalized spacial score (nSPS) is 35.0. The van der Waals surface area contributed by atoms with Crippen molar-refractivity contribution in [1.82, 2.24) is 4.90 Å². The monoisotopic (exact) mass is 168 g/mol. The first-order valence-electron chi connectivity index (χ1n) is 4.86. The lowest BCUT2D eigenvalue weighted by Crippen LogP contribution is -2.48. The van der Waals surface area contributed by atoms with Crippen LogP contribution in [0, 0.1) is 0 Å². The molecule has 1 N–H and O–H groups in total. The number of fused-ring (bicyclic) bond motifs is 1. The van der Waals surface area contributed by atoms with E-state index in [1.165, 1.54) is 32.4 Å². The molecule has 12 heavy (non-hydrogen) atoms. The van der Waals surface area contributed by atoms with E-state index in [9.17, 15) is 0 Å². The Bertz CT molecular complexity index is 189. The molecule has 0 saturated carbocycles. The molecule has 3 nitrogen and oxygen atoms in total. The van der Waals surface area contributed by atoms with E-state index in [2.05, 4.69) is 10.1 Å². The Balaban J connectivity index is 2.09. The fraction of sp³-hybridized carbons (Fsp3) is 0.889. The minimum Gasteiger partial charge on any atom is -0.411 e. The van der Waals surface area contributed by atoms with E-state index in [1.54, 1.807) is 0 Å². The predicted molar refractivity (Wildman–Crippen MR) is 47.7 cm³/mol. The molecule has 0 aromatic carbocycles. The molecule has 2 rings (SSSR count). The van der Waals surface area contributed by atoms with Gasteiger partial charge in [-0.1, -0.05) is 11.6 Å². The summed E-state index contributed by atoms with van der Waals surface area (Å²) in [4.78, 5) is 2.46. The predicted octanol–water partition coefficient (Wildman–Crippen LogP) is 1.46. The fourth-order valence-corrected chi connectivity index (χ4v) is 2.38. The Morgan fingerprint density at radius 3 is 2.92 bits per heavy atom. The van der Waals surface area contributed by atoms with E-state index in [0.717, 1.165) is 18.6 Å². The van der Waals surface area contributed by atoms with Gasteiger partial charge in [0.05, 0.1) is 11.8 Å². The van der Waals surface area contributed by atoms with Gasteiger partial charge in [0, 0.05) is 0 Å². The lowest BCUT2D eigenvalue weighted by molar-refractivity contribution is 0.169. The van der Waals surface area contributed by atoms with Crippen LogP contribution in [0.15, 0.2) is 5.16 Å². The molecule has 1 atom stereocenters. The largest absolute Gasteiger partial charge is 0.411 e. The van der Waals surface area contributed by atoms with Gasteiger partial charge in [-0.15, -0.1) is 0 Å². The third kappa shape index (κ3) is 1.33. The Kier molecular flexibility index (Phi) is 2.30. The number of piperidine rings is 2. The van der Waals surface area contributed by atoms with Gasteiger partial charge in [-0.2, -0.15) is 0 Å². The van der Waals surface area contributed by atoms with E-state index in [0.29, 0.717) is 6.04 Å². The van der Waals surface area contributed by atoms with Crippen molar-refractivity contribution in [3.05, 3.63) is 0 Å². The smallest absolute Gasteiger partial charge is 0.0742 e. The van der Waals surface area contributed by atoms with Crippen LogP contribution in [0.3, 0.4) is 0 Å². The lowest BCUT2D eigenvalue weighted by Gasteiger charge is -2.39. The standard InChI is InChI=1S/C9H16N2O/c12-10-8-4-3-7-11-6-2-1-5-9(8)11/h9,12H,1-7H2/b10-8+. The van der Waals surface area contributed by atoms with Gasteiger partial charge >= 0.3 is 0 Å². The Morgan fingerprint density at radius 1 is 1.25 bits per heavy atom. The zero-order valence-corrected chi connectivity index (χ0v) is 7.37. The first-order valence-corrected chi connectivity index (χ1v) is 4.86. The summed E-state index contributed by atoms with van der Waals surface area (Å²) in [7, 11) is 0. The van der Waals surface area contributed by atoms with Crippen molar-refractivity contribution >= 4 is 5.71 Å². The molecule has 0 aromatic rings. The molecule has 3 heteroatoms. The van der Waals surface area contributed by atoms with Crippen LogP contribution in [0.4, 0.5) is 0 Å². The maximum absolute atomic E-state index is 8.79. The molecule has 2 aliphatic heterocycles. The number of hydrogen-bond acceptors (Lipinski definition) is 3. The second kappa shape index (κ2) is 3.44. The van der Waals surface area contributed by atoms with E-state index >= 15 is 0 Å². The molecule has 68 valence electrons. The summed E-state index contributed by atoms with van der Waals surface area (Å²) in [6, 6.07) is 0.470. The highest BCUT2D eigenvalue weighted by molar-refractivity contribution is 5.89. The van der Waals surface area contributed by atoms with Crippen molar-refractivity contribution in [2.75, 3.05) is 13.1 Å². The van der Waals surface area contributed by atoms with E-state index < -0.39 is 0 Å². The first-order chi connectivity index (χ1) is 5.92. The van der Waals surface area contributed by atoms with Gasteiger partial charge < -0.3 is 5.21 Å². The fourth-order valence-electron chi connectivity index (χ4n) is 2.38. The average molecular weight is 168 g/mol. The van der Waals surface area contributed by atoms with Crippen LogP contribution >= 0.6 is 0 Å². The van der Waals surface area contributed by atoms with Gasteiger partial charge in [0.2, 0.25) is 0 Å². The molecule has 0 amide bonds. The summed E-state index contributed by atoms with van der Waals surface area (Å²) in [6.45, 7) is 2.40. The molecule has 0 bridgehead atoms. The van der Waals surface area contributed by atoms with Crippen LogP contribution < -0.4 is 0 Å². The molecular formula is C9H16N2O. The first kappa shape index (κ1) is 8.05. The number of hydrogen-bond donors (Lipinski definition) is 1. The van der Waals surface area contributed by atoms with Crippen LogP contribution in [-0.4, -0.2) is 35.0 Å². The summed E-state index contributed by atoms with van der Waals surface area (Å²) >= 11 is 0. The Morgan fingerprint density at radius 2 is 2.08 bits per heavy atom. The van der Waals surface area contributed by atoms with Gasteiger partial charge in [0.1, 0.15) is 0 Å². The number of oxime groups is 1. The van der Waals surface area contributed by atoms with Gasteiger partial charge in [-0.25, -0.2) is 0 Å². The second-order valence-electron chi connectivity index (χ2n) is 3.74. The van der Waals surface area contributed by atoms with Crippen molar-refractivity contribution < 1.29 is 5.21 Å². The summed E-state index contributed by atoms with van der Waals surface area (Å²) < 4.78 is 0. The highest BCUT2D eigenvalue weighted by Gasteiger charge is 2.29. The quantitative estimate of drug-likeness (QED) is 0.439. The third-order valence-electron chi connectivity index (χ3n) is 3.00. The van der Waals surface area contributed by atoms with Crippen molar-refractivity contribution in [3.63, 3.8) is 0 Å². The molecule has 2 saturated heterocycles. The van der Waals surface area contributed by atoms with Crippen LogP contribution in [0.25, 0.3) is 0 Å². The van der Waals surface area contributed by atoms with Crippen LogP contribution in [-0.2, 0) is 0 Å². The number of nitrogens with zero attached hydrogens (tertiary/aromatic N) is 2. The lowest BCUT2D eigenvalue weighted by atomic mass is 9.91. The molecule has 0 spiro atoms. The van der Waals surface area contributed by atoms with Crippen LogP contribution in [0.2, 0.25) is 0 Å². The van der Waals surface area contributed by atoms with Crippen molar-refractivity contribution in [1.29, 1.82) is 0 Å². The van der Waals surface area contributed by atoms with E-state index in [4.69, 9.17) is 5.21 Å². The summed E-state index contributed by atoms with van der Waals surface area (Å²) in [6.07, 6.45) is 5.96. The van der Waals surface area contributed by atoms with Gasteiger partial charge in [0.15, 0.2) is 0 Å². The second-order valence-corrected chi connectivity index (χ2v) is 3.74. The number of rotatable bonds is 0. The topological polar surface area (TPSA) is 35.8 Å². The average Bonchev–Trinajstić information content (AvgIpc) is 2.17. The van der Waals surface area contributed by atoms with E-state index in [1.807, 2.05) is 0 Å². The molecule has 0 radical (unpaired) electrons. The SMILES string of the molecule is O/N=C1\CCCN2CCCCC12. The minimum absolute atomic E-state index is 0.470. The van der Waals surface area contributed by atoms with Crippen molar-refractivity contribution in [3.8, 4) is 0 Å². The Hall–Kier alpha value is -0.570. The molecular weight excluding hydrogens is 152 g/mol. The molecule has 2 heterocycles. The summed E-state index contributed by atoms with van der Waals surface area (Å²) in [5, 5.41) is 12.2. The molecule has 0 aromatic heterocycles. The summed E-state index contributed by atoms with van der Waals surface area (Å²) in [5.41, 5.74) is 1.01. The highest BCUT2D eigenvalue weighted by Crippen LogP contribution is 2.24. The van der Waals surface area contributed by atoms with Crippen molar-refractivity contribution in [2.45, 2.75) is 38.1 Å². The zero-order chi connectivity index (χ0) is 8.39. The van der Waals surface area contributed by atoms with Crippen LogP contribution in [0.5, 0.6) is 0 Å². The molecule has 0 aliphatic carbocycles. The van der Waals surface area contributed by atoms with E-state index in [-0.39, 0.29) is 0 Å². The van der Waals surface area contributed by atoms with Crippen molar-refractivity contribution in [2.24, 2.45) is 5.16 Å². The van der Waals surface area contributed by atoms with Gasteiger partial charge in [-0.3, -0.25) is 4.90 Å². The third-order valence-corrected chi connectivity index (χ3v) is 3.00. The van der Waals surface area contributed by atoms with Gasteiger partial charge in [-0.05, 0) is 38.8 Å². The molecule has 2 fully saturated rings. The molecule has 1 unspecified atom stereocenters.